The van der Waals surface area contributed by atoms with E-state index in [2.05, 4.69) is 0 Å². The van der Waals surface area contributed by atoms with E-state index in [0.29, 0.717) is 18.5 Å². The quantitative estimate of drug-likeness (QED) is 0.676. The Hall–Kier alpha value is -2.44. The van der Waals surface area contributed by atoms with E-state index < -0.39 is 16.8 Å². The number of rotatable bonds is 4. The number of hydrogen-bond acceptors (Lipinski definition) is 4. The highest BCUT2D eigenvalue weighted by atomic mass is 16.6. The molecule has 118 valence electrons. The van der Waals surface area contributed by atoms with Crippen LogP contribution in [0.1, 0.15) is 29.8 Å². The van der Waals surface area contributed by atoms with E-state index in [1.165, 1.54) is 11.0 Å². The molecule has 1 aromatic carbocycles. The Bertz CT molecular complexity index is 628. The highest BCUT2D eigenvalue weighted by Crippen LogP contribution is 2.27. The summed E-state index contributed by atoms with van der Waals surface area (Å²) >= 11 is 0. The van der Waals surface area contributed by atoms with Crippen LogP contribution in [0.15, 0.2) is 18.2 Å². The zero-order valence-electron chi connectivity index (χ0n) is 12.5. The smallest absolute Gasteiger partial charge is 0.308 e. The maximum Gasteiger partial charge on any atom is 0.308 e. The molecule has 0 aromatic heterocycles. The Morgan fingerprint density at radius 2 is 2.09 bits per heavy atom. The minimum absolute atomic E-state index is 0.0737. The van der Waals surface area contributed by atoms with Gasteiger partial charge in [-0.2, -0.15) is 0 Å². The molecule has 0 aliphatic carbocycles. The van der Waals surface area contributed by atoms with E-state index >= 15 is 0 Å². The molecule has 0 saturated carbocycles. The van der Waals surface area contributed by atoms with E-state index in [-0.39, 0.29) is 29.6 Å². The molecule has 22 heavy (non-hydrogen) atoms. The van der Waals surface area contributed by atoms with Crippen LogP contribution in [-0.4, -0.2) is 39.9 Å². The van der Waals surface area contributed by atoms with Crippen LogP contribution in [0.4, 0.5) is 5.69 Å². The summed E-state index contributed by atoms with van der Waals surface area (Å²) in [6.07, 6.45) is 0.507. The normalized spacial score (nSPS) is 20.9. The Labute approximate surface area is 127 Å². The molecule has 0 spiro atoms. The second kappa shape index (κ2) is 6.13. The van der Waals surface area contributed by atoms with Crippen molar-refractivity contribution in [1.82, 2.24) is 4.90 Å². The van der Waals surface area contributed by atoms with Gasteiger partial charge in [-0.3, -0.25) is 19.7 Å². The highest BCUT2D eigenvalue weighted by Gasteiger charge is 2.37. The fourth-order valence-corrected chi connectivity index (χ4v) is 2.80. The molecule has 1 fully saturated rings. The third-order valence-electron chi connectivity index (χ3n) is 4.13. The van der Waals surface area contributed by atoms with Gasteiger partial charge in [0.05, 0.1) is 10.8 Å². The fourth-order valence-electron chi connectivity index (χ4n) is 2.80. The molecule has 2 rings (SSSR count). The second-order valence-electron chi connectivity index (χ2n) is 5.59. The van der Waals surface area contributed by atoms with Crippen molar-refractivity contribution in [3.63, 3.8) is 0 Å². The number of carbonyl (C=O) groups is 2. The predicted octanol–water partition coefficient (Wildman–Crippen LogP) is 1.95. The molecule has 0 unspecified atom stereocenters. The lowest BCUT2D eigenvalue weighted by Gasteiger charge is -2.16. The predicted molar refractivity (Wildman–Crippen MR) is 78.7 cm³/mol. The second-order valence-corrected chi connectivity index (χ2v) is 5.59. The molecule has 0 bridgehead atoms. The van der Waals surface area contributed by atoms with Crippen molar-refractivity contribution in [1.29, 1.82) is 0 Å². The molecular formula is C15H18N2O5. The first kappa shape index (κ1) is 15.9. The van der Waals surface area contributed by atoms with Gasteiger partial charge < -0.3 is 10.0 Å². The summed E-state index contributed by atoms with van der Waals surface area (Å²) in [7, 11) is 0. The summed E-state index contributed by atoms with van der Waals surface area (Å²) in [5, 5.41) is 20.2. The number of benzene rings is 1. The lowest BCUT2D eigenvalue weighted by molar-refractivity contribution is -0.385. The zero-order valence-corrected chi connectivity index (χ0v) is 12.5. The SMILES string of the molecule is CCc1ccc(C(=O)N2C[C@@H](C)[C@H](C(=O)O)C2)cc1[N+](=O)[O-]. The molecule has 7 nitrogen and oxygen atoms in total. The molecule has 0 radical (unpaired) electrons. The first-order valence-corrected chi connectivity index (χ1v) is 7.14. The topological polar surface area (TPSA) is 101 Å². The molecule has 7 heteroatoms. The van der Waals surface area contributed by atoms with Gasteiger partial charge in [-0.1, -0.05) is 19.9 Å². The van der Waals surface area contributed by atoms with Crippen LogP contribution in [0.25, 0.3) is 0 Å². The number of carboxylic acid groups (broad SMARTS) is 1. The van der Waals surface area contributed by atoms with Crippen molar-refractivity contribution in [3.8, 4) is 0 Å². The number of amides is 1. The molecular weight excluding hydrogens is 288 g/mol. The van der Waals surface area contributed by atoms with Gasteiger partial charge in [-0.15, -0.1) is 0 Å². The highest BCUT2D eigenvalue weighted by molar-refractivity contribution is 5.95. The maximum atomic E-state index is 12.4. The third kappa shape index (κ3) is 2.93. The van der Waals surface area contributed by atoms with Crippen LogP contribution < -0.4 is 0 Å². The van der Waals surface area contributed by atoms with E-state index in [4.69, 9.17) is 5.11 Å². The lowest BCUT2D eigenvalue weighted by atomic mass is 9.99. The minimum atomic E-state index is -0.921. The first-order valence-electron chi connectivity index (χ1n) is 7.14. The molecule has 1 aliphatic heterocycles. The molecule has 1 aliphatic rings. The molecule has 1 aromatic rings. The third-order valence-corrected chi connectivity index (χ3v) is 4.13. The summed E-state index contributed by atoms with van der Waals surface area (Å²) in [5.41, 5.74) is 0.720. The summed E-state index contributed by atoms with van der Waals surface area (Å²) in [4.78, 5) is 35.6. The van der Waals surface area contributed by atoms with Gasteiger partial charge in [0.2, 0.25) is 0 Å². The van der Waals surface area contributed by atoms with Crippen molar-refractivity contribution < 1.29 is 19.6 Å². The first-order chi connectivity index (χ1) is 10.3. The summed E-state index contributed by atoms with van der Waals surface area (Å²) in [6, 6.07) is 4.42. The Morgan fingerprint density at radius 1 is 1.41 bits per heavy atom. The Morgan fingerprint density at radius 3 is 2.59 bits per heavy atom. The Kier molecular flexibility index (Phi) is 4.44. The number of aliphatic carboxylic acids is 1. The van der Waals surface area contributed by atoms with E-state index in [1.54, 1.807) is 19.1 Å². The summed E-state index contributed by atoms with van der Waals surface area (Å²) in [6.45, 7) is 4.08. The average Bonchev–Trinajstić information content (AvgIpc) is 2.87. The van der Waals surface area contributed by atoms with E-state index in [0.717, 1.165) is 0 Å². The maximum absolute atomic E-state index is 12.4. The van der Waals surface area contributed by atoms with Crippen molar-refractivity contribution >= 4 is 17.6 Å². The van der Waals surface area contributed by atoms with Gasteiger partial charge in [-0.25, -0.2) is 0 Å². The number of nitro groups is 1. The number of hydrogen-bond donors (Lipinski definition) is 1. The summed E-state index contributed by atoms with van der Waals surface area (Å²) in [5.74, 6) is -2.00. The van der Waals surface area contributed by atoms with Gasteiger partial charge in [0.25, 0.3) is 11.6 Å². The van der Waals surface area contributed by atoms with Gasteiger partial charge >= 0.3 is 5.97 Å². The molecule has 2 atom stereocenters. The van der Waals surface area contributed by atoms with Crippen LogP contribution in [-0.2, 0) is 11.2 Å². The van der Waals surface area contributed by atoms with Gasteiger partial charge in [0.1, 0.15) is 0 Å². The number of likely N-dealkylation sites (tertiary alicyclic amines) is 1. The van der Waals surface area contributed by atoms with E-state index in [9.17, 15) is 19.7 Å². The standard InChI is InChI=1S/C15H18N2O5/c1-3-10-4-5-11(6-13(10)17(21)22)14(18)16-7-9(2)12(8-16)15(19)20/h4-6,9,12H,3,7-8H2,1-2H3,(H,19,20)/t9-,12-/m1/s1. The number of carboxylic acids is 1. The largest absolute Gasteiger partial charge is 0.481 e. The Balaban J connectivity index is 2.25. The number of aryl methyl sites for hydroxylation is 1. The van der Waals surface area contributed by atoms with Crippen LogP contribution in [0.3, 0.4) is 0 Å². The number of nitrogens with zero attached hydrogens (tertiary/aromatic N) is 2. The van der Waals surface area contributed by atoms with Crippen molar-refractivity contribution in [2.24, 2.45) is 11.8 Å². The van der Waals surface area contributed by atoms with Crippen molar-refractivity contribution in [3.05, 3.63) is 39.4 Å². The van der Waals surface area contributed by atoms with Crippen LogP contribution >= 0.6 is 0 Å². The van der Waals surface area contributed by atoms with Crippen LogP contribution in [0.2, 0.25) is 0 Å². The molecule has 1 saturated heterocycles. The molecule has 1 N–H and O–H groups in total. The number of carbonyl (C=O) groups excluding carboxylic acids is 1. The van der Waals surface area contributed by atoms with Crippen LogP contribution in [0, 0.1) is 22.0 Å². The summed E-state index contributed by atoms with van der Waals surface area (Å²) < 4.78 is 0. The lowest BCUT2D eigenvalue weighted by Crippen LogP contribution is -2.30. The minimum Gasteiger partial charge on any atom is -0.481 e. The monoisotopic (exact) mass is 306 g/mol. The molecule has 1 amide bonds. The van der Waals surface area contributed by atoms with Crippen molar-refractivity contribution in [2.75, 3.05) is 13.1 Å². The van der Waals surface area contributed by atoms with Gasteiger partial charge in [0, 0.05) is 30.3 Å². The fraction of sp³-hybridized carbons (Fsp3) is 0.467. The van der Waals surface area contributed by atoms with Gasteiger partial charge in [0.15, 0.2) is 0 Å². The molecule has 1 heterocycles. The van der Waals surface area contributed by atoms with Crippen molar-refractivity contribution in [2.45, 2.75) is 20.3 Å². The number of nitro benzene ring substituents is 1. The average molecular weight is 306 g/mol. The van der Waals surface area contributed by atoms with Gasteiger partial charge in [-0.05, 0) is 18.4 Å². The van der Waals surface area contributed by atoms with E-state index in [1.807, 2.05) is 6.92 Å². The zero-order chi connectivity index (χ0) is 16.4. The van der Waals surface area contributed by atoms with Crippen LogP contribution in [0.5, 0.6) is 0 Å².